The minimum absolute atomic E-state index is 0.0122. The average Bonchev–Trinajstić information content (AvgIpc) is 2.36. The number of rotatable bonds is 9. The predicted octanol–water partition coefficient (Wildman–Crippen LogP) is 3.20. The normalized spacial score (nSPS) is 11.3. The number of unbranched alkanes of at least 4 members (excludes halogenated alkanes) is 1. The Morgan fingerprint density at radius 1 is 1.00 bits per heavy atom. The van der Waals surface area contributed by atoms with Crippen molar-refractivity contribution in [3.05, 3.63) is 24.3 Å². The first-order chi connectivity index (χ1) is 9.01. The van der Waals surface area contributed by atoms with Gasteiger partial charge in [-0.1, -0.05) is 6.92 Å². The van der Waals surface area contributed by atoms with Gasteiger partial charge >= 0.3 is 0 Å². The minimum Gasteiger partial charge on any atom is -0.494 e. The Bertz CT molecular complexity index is 456. The first-order valence-corrected chi connectivity index (χ1v) is 8.77. The van der Waals surface area contributed by atoms with Crippen molar-refractivity contribution < 1.29 is 17.9 Å². The van der Waals surface area contributed by atoms with E-state index < -0.39 is 9.05 Å². The van der Waals surface area contributed by atoms with Crippen LogP contribution in [-0.2, 0) is 9.05 Å². The highest BCUT2D eigenvalue weighted by Crippen LogP contribution is 2.18. The van der Waals surface area contributed by atoms with E-state index in [1.165, 1.54) is 0 Å². The van der Waals surface area contributed by atoms with Gasteiger partial charge in [0.1, 0.15) is 11.5 Å². The molecule has 0 fully saturated rings. The summed E-state index contributed by atoms with van der Waals surface area (Å²) in [7, 11) is 1.72. The van der Waals surface area contributed by atoms with Gasteiger partial charge in [0.15, 0.2) is 0 Å². The van der Waals surface area contributed by atoms with Crippen LogP contribution >= 0.6 is 10.7 Å². The Labute approximate surface area is 119 Å². The van der Waals surface area contributed by atoms with Crippen LogP contribution in [-0.4, -0.2) is 27.4 Å². The van der Waals surface area contributed by atoms with Crippen molar-refractivity contribution in [2.45, 2.75) is 26.2 Å². The summed E-state index contributed by atoms with van der Waals surface area (Å²) >= 11 is 0. The number of ether oxygens (including phenoxy) is 2. The zero-order valence-electron chi connectivity index (χ0n) is 11.0. The Hall–Kier alpha value is -0.940. The molecule has 0 atom stereocenters. The lowest BCUT2D eigenvalue weighted by Gasteiger charge is -2.07. The van der Waals surface area contributed by atoms with Crippen molar-refractivity contribution in [3.8, 4) is 11.5 Å². The molecule has 0 saturated carbocycles. The standard InChI is InChI=1S/C13H19ClO4S/c1-2-9-17-12-5-7-13(8-6-12)18-10-3-4-11-19(14,15)16/h5-8H,2-4,9-11H2,1H3. The van der Waals surface area contributed by atoms with Crippen LogP contribution in [0.1, 0.15) is 26.2 Å². The zero-order valence-corrected chi connectivity index (χ0v) is 12.5. The number of hydrogen-bond donors (Lipinski definition) is 0. The molecule has 0 saturated heterocycles. The molecule has 0 aliphatic heterocycles. The Morgan fingerprint density at radius 2 is 1.53 bits per heavy atom. The molecule has 0 spiro atoms. The summed E-state index contributed by atoms with van der Waals surface area (Å²) in [5.74, 6) is 1.56. The highest BCUT2D eigenvalue weighted by atomic mass is 35.7. The Morgan fingerprint density at radius 3 is 2.00 bits per heavy atom. The highest BCUT2D eigenvalue weighted by molar-refractivity contribution is 8.13. The molecule has 0 aromatic heterocycles. The van der Waals surface area contributed by atoms with Gasteiger partial charge in [-0.15, -0.1) is 0 Å². The van der Waals surface area contributed by atoms with Crippen LogP contribution in [0.3, 0.4) is 0 Å². The maximum absolute atomic E-state index is 10.7. The molecule has 1 aromatic carbocycles. The molecule has 1 rings (SSSR count). The van der Waals surface area contributed by atoms with Crippen molar-refractivity contribution in [2.75, 3.05) is 19.0 Å². The van der Waals surface area contributed by atoms with Gasteiger partial charge in [-0.05, 0) is 43.5 Å². The molecule has 0 aliphatic carbocycles. The molecule has 0 heterocycles. The molecule has 19 heavy (non-hydrogen) atoms. The molecule has 0 aliphatic rings. The molecule has 6 heteroatoms. The van der Waals surface area contributed by atoms with Crippen LogP contribution in [0.15, 0.2) is 24.3 Å². The molecular weight excluding hydrogens is 288 g/mol. The number of benzene rings is 1. The van der Waals surface area contributed by atoms with E-state index in [4.69, 9.17) is 20.2 Å². The van der Waals surface area contributed by atoms with Gasteiger partial charge in [0.05, 0.1) is 19.0 Å². The van der Waals surface area contributed by atoms with Gasteiger partial charge in [0.25, 0.3) is 0 Å². The summed E-state index contributed by atoms with van der Waals surface area (Å²) in [6.45, 7) is 3.23. The topological polar surface area (TPSA) is 52.6 Å². The summed E-state index contributed by atoms with van der Waals surface area (Å²) < 4.78 is 32.3. The van der Waals surface area contributed by atoms with Crippen molar-refractivity contribution in [1.82, 2.24) is 0 Å². The van der Waals surface area contributed by atoms with E-state index in [0.717, 1.165) is 17.9 Å². The fourth-order valence-corrected chi connectivity index (χ4v) is 2.29. The molecule has 0 radical (unpaired) electrons. The summed E-state index contributed by atoms with van der Waals surface area (Å²) in [5.41, 5.74) is 0. The second-order valence-electron chi connectivity index (χ2n) is 4.12. The average molecular weight is 307 g/mol. The van der Waals surface area contributed by atoms with Gasteiger partial charge in [0, 0.05) is 10.7 Å². The van der Waals surface area contributed by atoms with E-state index in [-0.39, 0.29) is 5.75 Å². The zero-order chi connectivity index (χ0) is 14.1. The van der Waals surface area contributed by atoms with Crippen LogP contribution in [0.2, 0.25) is 0 Å². The molecule has 0 amide bonds. The first kappa shape index (κ1) is 16.1. The molecule has 0 N–H and O–H groups in total. The lowest BCUT2D eigenvalue weighted by molar-refractivity contribution is 0.304. The van der Waals surface area contributed by atoms with Gasteiger partial charge in [-0.2, -0.15) is 0 Å². The third kappa shape index (κ3) is 7.95. The third-order valence-electron chi connectivity index (χ3n) is 2.35. The van der Waals surface area contributed by atoms with E-state index in [2.05, 4.69) is 6.92 Å². The number of halogens is 1. The van der Waals surface area contributed by atoms with Crippen LogP contribution in [0.5, 0.6) is 11.5 Å². The predicted molar refractivity (Wildman–Crippen MR) is 76.6 cm³/mol. The van der Waals surface area contributed by atoms with Gasteiger partial charge in [-0.25, -0.2) is 8.42 Å². The molecule has 108 valence electrons. The maximum atomic E-state index is 10.7. The van der Waals surface area contributed by atoms with Crippen LogP contribution in [0, 0.1) is 0 Å². The van der Waals surface area contributed by atoms with Crippen LogP contribution in [0.4, 0.5) is 0 Å². The van der Waals surface area contributed by atoms with Crippen molar-refractivity contribution in [3.63, 3.8) is 0 Å². The summed E-state index contributed by atoms with van der Waals surface area (Å²) in [6, 6.07) is 7.38. The van der Waals surface area contributed by atoms with Crippen LogP contribution < -0.4 is 9.47 Å². The molecule has 4 nitrogen and oxygen atoms in total. The lowest BCUT2D eigenvalue weighted by Crippen LogP contribution is -2.02. The summed E-state index contributed by atoms with van der Waals surface area (Å²) in [6.07, 6.45) is 2.13. The fourth-order valence-electron chi connectivity index (χ4n) is 1.42. The second kappa shape index (κ2) is 8.27. The maximum Gasteiger partial charge on any atom is 0.232 e. The minimum atomic E-state index is -3.38. The Kier molecular flexibility index (Phi) is 7.02. The van der Waals surface area contributed by atoms with E-state index >= 15 is 0 Å². The second-order valence-corrected chi connectivity index (χ2v) is 7.01. The molecule has 0 bridgehead atoms. The monoisotopic (exact) mass is 306 g/mol. The third-order valence-corrected chi connectivity index (χ3v) is 3.59. The fraction of sp³-hybridized carbons (Fsp3) is 0.538. The SMILES string of the molecule is CCCOc1ccc(OCCCCS(=O)(=O)Cl)cc1. The Balaban J connectivity index is 2.22. The van der Waals surface area contributed by atoms with Gasteiger partial charge < -0.3 is 9.47 Å². The van der Waals surface area contributed by atoms with E-state index in [1.54, 1.807) is 0 Å². The largest absolute Gasteiger partial charge is 0.494 e. The van der Waals surface area contributed by atoms with E-state index in [9.17, 15) is 8.42 Å². The number of hydrogen-bond acceptors (Lipinski definition) is 4. The molecule has 1 aromatic rings. The van der Waals surface area contributed by atoms with Crippen molar-refractivity contribution in [2.24, 2.45) is 0 Å². The van der Waals surface area contributed by atoms with Gasteiger partial charge in [0.2, 0.25) is 9.05 Å². The van der Waals surface area contributed by atoms with E-state index in [1.807, 2.05) is 24.3 Å². The lowest BCUT2D eigenvalue weighted by atomic mass is 10.3. The first-order valence-electron chi connectivity index (χ1n) is 6.29. The summed E-state index contributed by atoms with van der Waals surface area (Å²) in [5, 5.41) is 0. The molecule has 0 unspecified atom stereocenters. The van der Waals surface area contributed by atoms with Gasteiger partial charge in [-0.3, -0.25) is 0 Å². The molecular formula is C13H19ClO4S. The van der Waals surface area contributed by atoms with Crippen molar-refractivity contribution >= 4 is 19.7 Å². The van der Waals surface area contributed by atoms with Crippen LogP contribution in [0.25, 0.3) is 0 Å². The van der Waals surface area contributed by atoms with Crippen molar-refractivity contribution in [1.29, 1.82) is 0 Å². The highest BCUT2D eigenvalue weighted by Gasteiger charge is 2.04. The van der Waals surface area contributed by atoms with E-state index in [0.29, 0.717) is 26.1 Å². The smallest absolute Gasteiger partial charge is 0.232 e. The quantitative estimate of drug-likeness (QED) is 0.519. The summed E-state index contributed by atoms with van der Waals surface area (Å²) in [4.78, 5) is 0.